The van der Waals surface area contributed by atoms with Crippen molar-refractivity contribution in [2.75, 3.05) is 6.54 Å². The van der Waals surface area contributed by atoms with Crippen LogP contribution >= 0.6 is 11.6 Å². The van der Waals surface area contributed by atoms with Crippen LogP contribution in [0.5, 0.6) is 0 Å². The zero-order valence-electron chi connectivity index (χ0n) is 8.18. The Kier molecular flexibility index (Phi) is 4.21. The molecule has 0 saturated carbocycles. The highest BCUT2D eigenvalue weighted by atomic mass is 35.5. The predicted octanol–water partition coefficient (Wildman–Crippen LogP) is -0.689. The summed E-state index contributed by atoms with van der Waals surface area (Å²) in [6.45, 7) is -0.262. The van der Waals surface area contributed by atoms with Crippen LogP contribution in [-0.2, 0) is 4.79 Å². The van der Waals surface area contributed by atoms with Gasteiger partial charge in [0.15, 0.2) is 0 Å². The van der Waals surface area contributed by atoms with Crippen molar-refractivity contribution in [1.29, 1.82) is 0 Å². The third-order valence-corrected chi connectivity index (χ3v) is 1.97. The normalized spacial score (nSPS) is 11.9. The third-order valence-electron chi connectivity index (χ3n) is 1.74. The maximum Gasteiger partial charge on any atom is 0.270 e. The Balaban J connectivity index is 2.56. The van der Waals surface area contributed by atoms with Gasteiger partial charge in [0.05, 0.1) is 6.54 Å². The molecule has 1 heterocycles. The number of carbonyl (C=O) groups is 2. The van der Waals surface area contributed by atoms with E-state index in [4.69, 9.17) is 22.4 Å². The molecule has 1 aromatic rings. The van der Waals surface area contributed by atoms with E-state index in [9.17, 15) is 9.59 Å². The summed E-state index contributed by atoms with van der Waals surface area (Å²) in [5, 5.41) is 11.7. The highest BCUT2D eigenvalue weighted by molar-refractivity contribution is 6.30. The van der Waals surface area contributed by atoms with E-state index in [0.717, 1.165) is 0 Å². The van der Waals surface area contributed by atoms with Crippen LogP contribution in [0.2, 0.25) is 5.02 Å². The lowest BCUT2D eigenvalue weighted by Crippen LogP contribution is -2.40. The maximum atomic E-state index is 11.4. The Morgan fingerprint density at radius 1 is 1.62 bits per heavy atom. The summed E-state index contributed by atoms with van der Waals surface area (Å²) in [5.41, 5.74) is 4.91. The zero-order valence-corrected chi connectivity index (χ0v) is 8.94. The van der Waals surface area contributed by atoms with Gasteiger partial charge in [-0.2, -0.15) is 0 Å². The van der Waals surface area contributed by atoms with Crippen LogP contribution in [0.4, 0.5) is 0 Å². The smallest absolute Gasteiger partial charge is 0.270 e. The van der Waals surface area contributed by atoms with E-state index in [2.05, 4.69) is 10.3 Å². The minimum atomic E-state index is -1.41. The highest BCUT2D eigenvalue weighted by Gasteiger charge is 2.13. The second-order valence-corrected chi connectivity index (χ2v) is 3.42. The SMILES string of the molecule is NC(=O)C(O)CNC(=O)c1cc(Cl)ccn1. The number of aliphatic hydroxyl groups is 1. The number of primary amides is 1. The van der Waals surface area contributed by atoms with Crippen molar-refractivity contribution in [3.8, 4) is 0 Å². The topological polar surface area (TPSA) is 105 Å². The molecule has 4 N–H and O–H groups in total. The molecule has 1 atom stereocenters. The summed E-state index contributed by atoms with van der Waals surface area (Å²) >= 11 is 5.66. The number of aromatic nitrogens is 1. The van der Waals surface area contributed by atoms with E-state index < -0.39 is 17.9 Å². The zero-order chi connectivity index (χ0) is 12.1. The Hall–Kier alpha value is -1.66. The molecule has 86 valence electrons. The van der Waals surface area contributed by atoms with Gasteiger partial charge in [0.2, 0.25) is 5.91 Å². The summed E-state index contributed by atoms with van der Waals surface area (Å²) in [5.74, 6) is -1.44. The summed E-state index contributed by atoms with van der Waals surface area (Å²) in [4.78, 5) is 25.7. The molecule has 6 nitrogen and oxygen atoms in total. The summed E-state index contributed by atoms with van der Waals surface area (Å²) in [6, 6.07) is 2.89. The largest absolute Gasteiger partial charge is 0.381 e. The molecule has 16 heavy (non-hydrogen) atoms. The maximum absolute atomic E-state index is 11.4. The number of halogens is 1. The van der Waals surface area contributed by atoms with Crippen LogP contribution in [0, 0.1) is 0 Å². The molecule has 0 saturated heterocycles. The van der Waals surface area contributed by atoms with Gasteiger partial charge in [-0.25, -0.2) is 0 Å². The first-order valence-corrected chi connectivity index (χ1v) is 4.75. The summed E-state index contributed by atoms with van der Waals surface area (Å²) < 4.78 is 0. The fraction of sp³-hybridized carbons (Fsp3) is 0.222. The average Bonchev–Trinajstić information content (AvgIpc) is 2.25. The third kappa shape index (κ3) is 3.48. The Morgan fingerprint density at radius 2 is 2.31 bits per heavy atom. The highest BCUT2D eigenvalue weighted by Crippen LogP contribution is 2.07. The lowest BCUT2D eigenvalue weighted by Gasteiger charge is -2.07. The number of nitrogens with zero attached hydrogens (tertiary/aromatic N) is 1. The fourth-order valence-electron chi connectivity index (χ4n) is 0.909. The van der Waals surface area contributed by atoms with Crippen LogP contribution in [0.25, 0.3) is 0 Å². The molecule has 1 rings (SSSR count). The van der Waals surface area contributed by atoms with Gasteiger partial charge in [-0.1, -0.05) is 11.6 Å². The van der Waals surface area contributed by atoms with Gasteiger partial charge in [-0.15, -0.1) is 0 Å². The van der Waals surface area contributed by atoms with E-state index >= 15 is 0 Å². The molecular weight excluding hydrogens is 234 g/mol. The molecule has 0 spiro atoms. The van der Waals surface area contributed by atoms with Crippen LogP contribution in [0.3, 0.4) is 0 Å². The van der Waals surface area contributed by atoms with Gasteiger partial charge < -0.3 is 16.2 Å². The van der Waals surface area contributed by atoms with E-state index in [1.807, 2.05) is 0 Å². The molecule has 0 bridgehead atoms. The average molecular weight is 244 g/mol. The molecule has 2 amide bonds. The van der Waals surface area contributed by atoms with E-state index in [-0.39, 0.29) is 12.2 Å². The first-order chi connectivity index (χ1) is 7.50. The van der Waals surface area contributed by atoms with Crippen LogP contribution in [0.1, 0.15) is 10.5 Å². The monoisotopic (exact) mass is 243 g/mol. The first-order valence-electron chi connectivity index (χ1n) is 4.38. The van der Waals surface area contributed by atoms with Crippen molar-refractivity contribution in [1.82, 2.24) is 10.3 Å². The fourth-order valence-corrected chi connectivity index (χ4v) is 1.07. The molecule has 0 fully saturated rings. The van der Waals surface area contributed by atoms with Crippen LogP contribution in [-0.4, -0.2) is 34.6 Å². The van der Waals surface area contributed by atoms with Gasteiger partial charge in [0, 0.05) is 11.2 Å². The van der Waals surface area contributed by atoms with Crippen LogP contribution in [0.15, 0.2) is 18.3 Å². The number of amides is 2. The number of hydrogen-bond donors (Lipinski definition) is 3. The number of pyridine rings is 1. The summed E-state index contributed by atoms with van der Waals surface area (Å²) in [7, 11) is 0. The van der Waals surface area contributed by atoms with Crippen LogP contribution < -0.4 is 11.1 Å². The van der Waals surface area contributed by atoms with Gasteiger partial charge in [0.25, 0.3) is 5.91 Å². The minimum Gasteiger partial charge on any atom is -0.381 e. The first kappa shape index (κ1) is 12.4. The van der Waals surface area contributed by atoms with Gasteiger partial charge in [-0.3, -0.25) is 14.6 Å². The quantitative estimate of drug-likeness (QED) is 0.651. The van der Waals surface area contributed by atoms with Crippen molar-refractivity contribution in [2.45, 2.75) is 6.10 Å². The van der Waals surface area contributed by atoms with Crippen molar-refractivity contribution >= 4 is 23.4 Å². The lowest BCUT2D eigenvalue weighted by atomic mass is 10.3. The lowest BCUT2D eigenvalue weighted by molar-refractivity contribution is -0.125. The Bertz CT molecular complexity index is 411. The second kappa shape index (κ2) is 5.43. The van der Waals surface area contributed by atoms with Gasteiger partial charge in [-0.05, 0) is 12.1 Å². The van der Waals surface area contributed by atoms with E-state index in [1.165, 1.54) is 18.3 Å². The van der Waals surface area contributed by atoms with Crippen molar-refractivity contribution in [3.05, 3.63) is 29.0 Å². The Morgan fingerprint density at radius 3 is 2.88 bits per heavy atom. The minimum absolute atomic E-state index is 0.101. The van der Waals surface area contributed by atoms with Gasteiger partial charge in [0.1, 0.15) is 11.8 Å². The van der Waals surface area contributed by atoms with Crippen molar-refractivity contribution < 1.29 is 14.7 Å². The molecule has 0 radical (unpaired) electrons. The number of hydrogen-bond acceptors (Lipinski definition) is 4. The predicted molar refractivity (Wildman–Crippen MR) is 56.8 cm³/mol. The number of aliphatic hydroxyl groups excluding tert-OH is 1. The second-order valence-electron chi connectivity index (χ2n) is 2.99. The molecule has 0 aliphatic carbocycles. The number of nitrogens with one attached hydrogen (secondary N) is 1. The molecule has 0 aliphatic heterocycles. The van der Waals surface area contributed by atoms with E-state index in [1.54, 1.807) is 0 Å². The Labute approximate surface area is 96.4 Å². The number of nitrogens with two attached hydrogens (primary N) is 1. The molecule has 7 heteroatoms. The number of carbonyl (C=O) groups excluding carboxylic acids is 2. The van der Waals surface area contributed by atoms with Crippen molar-refractivity contribution in [3.63, 3.8) is 0 Å². The number of rotatable bonds is 4. The molecule has 0 aromatic carbocycles. The molecule has 1 unspecified atom stereocenters. The van der Waals surface area contributed by atoms with Crippen molar-refractivity contribution in [2.24, 2.45) is 5.73 Å². The van der Waals surface area contributed by atoms with Gasteiger partial charge >= 0.3 is 0 Å². The van der Waals surface area contributed by atoms with E-state index in [0.29, 0.717) is 5.02 Å². The standard InChI is InChI=1S/C9H10ClN3O3/c10-5-1-2-12-6(3-5)9(16)13-4-7(14)8(11)15/h1-3,7,14H,4H2,(H2,11,15)(H,13,16). The molecule has 1 aromatic heterocycles. The molecular formula is C9H10ClN3O3. The molecule has 0 aliphatic rings. The summed E-state index contributed by atoms with van der Waals surface area (Å²) in [6.07, 6.45) is -0.0370.